The maximum Gasteiger partial charge on any atom is 0.274 e. The maximum atomic E-state index is 11.1. The number of aromatic nitrogens is 2. The average molecular weight is 192 g/mol. The monoisotopic (exact) mass is 192 g/mol. The zero-order valence-corrected chi connectivity index (χ0v) is 7.30. The van der Waals surface area contributed by atoms with Crippen LogP contribution in [0.3, 0.4) is 0 Å². The third-order valence-corrected chi connectivity index (χ3v) is 2.03. The van der Waals surface area contributed by atoms with Crippen LogP contribution in [0.2, 0.25) is 0 Å². The molecule has 1 aromatic carbocycles. The van der Waals surface area contributed by atoms with Crippen LogP contribution in [0, 0.1) is 22.2 Å². The van der Waals surface area contributed by atoms with Crippen molar-refractivity contribution in [3.8, 4) is 0 Å². The fourth-order valence-electron chi connectivity index (χ4n) is 1.32. The number of nitrogens with zero attached hydrogens (tertiary/aromatic N) is 3. The fraction of sp³-hybridized carbons (Fsp3) is 0.125. The molecule has 0 N–H and O–H groups in total. The van der Waals surface area contributed by atoms with E-state index in [-0.39, 0.29) is 11.2 Å². The predicted molar refractivity (Wildman–Crippen MR) is 49.9 cm³/mol. The van der Waals surface area contributed by atoms with Gasteiger partial charge in [-0.05, 0) is 13.0 Å². The number of aryl methyl sites for hydroxylation is 1. The summed E-state index contributed by atoms with van der Waals surface area (Å²) in [6, 6.07) is 2.77. The molecule has 0 amide bonds. The molecule has 1 heterocycles. The molecule has 1 aromatic heterocycles. The minimum absolute atomic E-state index is 0.0601. The van der Waals surface area contributed by atoms with E-state index in [9.17, 15) is 15.3 Å². The van der Waals surface area contributed by atoms with Crippen molar-refractivity contribution < 1.29 is 4.92 Å². The molecular formula is C8H6N3O3-. The molecule has 0 radical (unpaired) electrons. The van der Waals surface area contributed by atoms with Crippen molar-refractivity contribution in [1.82, 2.24) is 9.71 Å². The summed E-state index contributed by atoms with van der Waals surface area (Å²) in [4.78, 5) is 13.9. The Morgan fingerprint density at radius 1 is 1.50 bits per heavy atom. The molecule has 0 unspecified atom stereocenters. The molecule has 0 saturated heterocycles. The molecule has 6 nitrogen and oxygen atoms in total. The second kappa shape index (κ2) is 2.69. The summed E-state index contributed by atoms with van der Waals surface area (Å²) in [6.07, 6.45) is 1.09. The molecule has 72 valence electrons. The van der Waals surface area contributed by atoms with Gasteiger partial charge in [-0.1, -0.05) is 0 Å². The number of hydrogen-bond acceptors (Lipinski definition) is 4. The first-order valence-corrected chi connectivity index (χ1v) is 3.89. The highest BCUT2D eigenvalue weighted by Gasteiger charge is 2.12. The molecular weight excluding hydrogens is 186 g/mol. The largest absolute Gasteiger partial charge is 0.805 e. The van der Waals surface area contributed by atoms with E-state index in [0.717, 1.165) is 6.33 Å². The second-order valence-corrected chi connectivity index (χ2v) is 2.95. The summed E-state index contributed by atoms with van der Waals surface area (Å²) in [5.41, 5.74) is 1.14. The van der Waals surface area contributed by atoms with Gasteiger partial charge >= 0.3 is 0 Å². The van der Waals surface area contributed by atoms with Crippen LogP contribution in [0.15, 0.2) is 18.5 Å². The van der Waals surface area contributed by atoms with Gasteiger partial charge in [0.2, 0.25) is 0 Å². The number of rotatable bonds is 1. The van der Waals surface area contributed by atoms with Crippen molar-refractivity contribution in [2.75, 3.05) is 0 Å². The van der Waals surface area contributed by atoms with Crippen molar-refractivity contribution in [1.29, 1.82) is 0 Å². The first-order valence-electron chi connectivity index (χ1n) is 3.89. The van der Waals surface area contributed by atoms with Crippen molar-refractivity contribution >= 4 is 16.7 Å². The summed E-state index contributed by atoms with van der Waals surface area (Å²) < 4.78 is 0.516. The van der Waals surface area contributed by atoms with Crippen molar-refractivity contribution in [2.24, 2.45) is 0 Å². The van der Waals surface area contributed by atoms with Crippen LogP contribution in [0.25, 0.3) is 11.0 Å². The summed E-state index contributed by atoms with van der Waals surface area (Å²) in [6.45, 7) is 1.61. The van der Waals surface area contributed by atoms with Gasteiger partial charge in [0.1, 0.15) is 0 Å². The Morgan fingerprint density at radius 3 is 2.86 bits per heavy atom. The highest BCUT2D eigenvalue weighted by molar-refractivity contribution is 5.79. The number of fused-ring (bicyclic) bond motifs is 1. The van der Waals surface area contributed by atoms with Crippen LogP contribution in [-0.2, 0) is 0 Å². The van der Waals surface area contributed by atoms with E-state index in [1.807, 2.05) is 0 Å². The highest BCUT2D eigenvalue weighted by atomic mass is 16.6. The van der Waals surface area contributed by atoms with Crippen molar-refractivity contribution in [3.63, 3.8) is 0 Å². The Labute approximate surface area is 78.5 Å². The number of benzene rings is 1. The highest BCUT2D eigenvalue weighted by Crippen LogP contribution is 2.23. The third kappa shape index (κ3) is 1.08. The molecule has 0 spiro atoms. The van der Waals surface area contributed by atoms with Gasteiger partial charge in [-0.25, -0.2) is 4.98 Å². The van der Waals surface area contributed by atoms with E-state index < -0.39 is 4.92 Å². The lowest BCUT2D eigenvalue weighted by Crippen LogP contribution is -1.92. The Balaban J connectivity index is 2.80. The maximum absolute atomic E-state index is 11.1. The lowest BCUT2D eigenvalue weighted by Gasteiger charge is -2.05. The summed E-state index contributed by atoms with van der Waals surface area (Å²) >= 11 is 0. The quantitative estimate of drug-likeness (QED) is 0.507. The third-order valence-electron chi connectivity index (χ3n) is 2.03. The van der Waals surface area contributed by atoms with Gasteiger partial charge in [-0.2, -0.15) is 0 Å². The lowest BCUT2D eigenvalue weighted by molar-refractivity contribution is -0.385. The van der Waals surface area contributed by atoms with E-state index >= 15 is 0 Å². The molecule has 0 atom stereocenters. The van der Waals surface area contributed by atoms with Crippen LogP contribution in [0.5, 0.6) is 0 Å². The van der Waals surface area contributed by atoms with Gasteiger partial charge in [-0.3, -0.25) is 10.1 Å². The smallest absolute Gasteiger partial charge is 0.274 e. The first-order chi connectivity index (χ1) is 6.59. The zero-order chi connectivity index (χ0) is 10.3. The topological polar surface area (TPSA) is 84.0 Å². The molecule has 6 heteroatoms. The van der Waals surface area contributed by atoms with Crippen molar-refractivity contribution in [2.45, 2.75) is 6.92 Å². The Hall–Kier alpha value is -2.11. The molecule has 2 rings (SSSR count). The van der Waals surface area contributed by atoms with E-state index in [1.54, 1.807) is 6.92 Å². The number of imidazole rings is 1. The Bertz CT molecular complexity index is 518. The average Bonchev–Trinajstić information content (AvgIpc) is 2.46. The van der Waals surface area contributed by atoms with Gasteiger partial charge in [0.05, 0.1) is 22.3 Å². The Kier molecular flexibility index (Phi) is 1.63. The first kappa shape index (κ1) is 8.49. The SMILES string of the molecule is Cc1cc2ncn([O-])c2cc1[N+](=O)[O-]. The molecule has 2 aromatic rings. The van der Waals surface area contributed by atoms with E-state index in [0.29, 0.717) is 15.8 Å². The molecule has 0 aliphatic rings. The number of nitro benzene ring substituents is 1. The molecule has 0 fully saturated rings. The number of hydrogen-bond donors (Lipinski definition) is 0. The second-order valence-electron chi connectivity index (χ2n) is 2.95. The van der Waals surface area contributed by atoms with Crippen LogP contribution in [0.1, 0.15) is 5.56 Å². The van der Waals surface area contributed by atoms with Gasteiger partial charge in [0, 0.05) is 11.6 Å². The van der Waals surface area contributed by atoms with Crippen LogP contribution in [0.4, 0.5) is 5.69 Å². The molecule has 0 aliphatic carbocycles. The van der Waals surface area contributed by atoms with Crippen molar-refractivity contribution in [3.05, 3.63) is 39.3 Å². The minimum Gasteiger partial charge on any atom is -0.805 e. The van der Waals surface area contributed by atoms with Gasteiger partial charge in [0.15, 0.2) is 0 Å². The predicted octanol–water partition coefficient (Wildman–Crippen LogP) is 1.60. The van der Waals surface area contributed by atoms with Crippen LogP contribution < -0.4 is 0 Å². The molecule has 0 bridgehead atoms. The summed E-state index contributed by atoms with van der Waals surface area (Å²) in [5, 5.41) is 21.7. The molecule has 0 aliphatic heterocycles. The van der Waals surface area contributed by atoms with Gasteiger partial charge < -0.3 is 9.94 Å². The van der Waals surface area contributed by atoms with E-state index in [1.165, 1.54) is 12.1 Å². The molecule has 14 heavy (non-hydrogen) atoms. The van der Waals surface area contributed by atoms with Gasteiger partial charge in [0.25, 0.3) is 5.69 Å². The lowest BCUT2D eigenvalue weighted by atomic mass is 10.2. The fourth-order valence-corrected chi connectivity index (χ4v) is 1.32. The minimum atomic E-state index is -0.512. The number of nitro groups is 1. The van der Waals surface area contributed by atoms with E-state index in [4.69, 9.17) is 0 Å². The zero-order valence-electron chi connectivity index (χ0n) is 7.30. The van der Waals surface area contributed by atoms with E-state index in [2.05, 4.69) is 4.98 Å². The molecule has 0 saturated carbocycles. The normalized spacial score (nSPS) is 10.6. The van der Waals surface area contributed by atoms with Gasteiger partial charge in [-0.15, -0.1) is 0 Å². The summed E-state index contributed by atoms with van der Waals surface area (Å²) in [5.74, 6) is 0. The van der Waals surface area contributed by atoms with Crippen LogP contribution in [-0.4, -0.2) is 14.6 Å². The Morgan fingerprint density at radius 2 is 2.21 bits per heavy atom. The standard InChI is InChI=1S/C8H6N3O3/c1-5-2-6-8(10(12)4-9-6)3-7(5)11(13)14/h2-4H,1H3/q-1. The summed E-state index contributed by atoms with van der Waals surface area (Å²) in [7, 11) is 0. The van der Waals surface area contributed by atoms with Crippen LogP contribution >= 0.6 is 0 Å².